The molecule has 0 aliphatic carbocycles. The first-order valence-electron chi connectivity index (χ1n) is 10.2. The summed E-state index contributed by atoms with van der Waals surface area (Å²) in [5.41, 5.74) is 3.10. The number of carboxylic acid groups (broad SMARTS) is 1. The van der Waals surface area contributed by atoms with Gasteiger partial charge in [-0.15, -0.1) is 0 Å². The number of nitrogens with one attached hydrogen (secondary N) is 1. The van der Waals surface area contributed by atoms with Crippen molar-refractivity contribution < 1.29 is 23.9 Å². The second kappa shape index (κ2) is 8.84. The van der Waals surface area contributed by atoms with Crippen LogP contribution in [0, 0.1) is 6.92 Å². The van der Waals surface area contributed by atoms with Crippen molar-refractivity contribution in [2.75, 3.05) is 4.90 Å². The number of thiocarbonyl (C=S) groups is 1. The highest BCUT2D eigenvalue weighted by Gasteiger charge is 2.34. The number of anilines is 1. The molecule has 1 aromatic heterocycles. The molecule has 166 valence electrons. The van der Waals surface area contributed by atoms with Gasteiger partial charge in [0.1, 0.15) is 17.1 Å². The van der Waals surface area contributed by atoms with Crippen LogP contribution in [0.1, 0.15) is 34.2 Å². The van der Waals surface area contributed by atoms with E-state index in [1.54, 1.807) is 30.3 Å². The molecule has 7 nitrogen and oxygen atoms in total. The van der Waals surface area contributed by atoms with E-state index in [0.717, 1.165) is 17.5 Å². The predicted octanol–water partition coefficient (Wildman–Crippen LogP) is 4.35. The number of benzene rings is 2. The second-order valence-corrected chi connectivity index (χ2v) is 7.90. The van der Waals surface area contributed by atoms with Gasteiger partial charge >= 0.3 is 5.97 Å². The van der Waals surface area contributed by atoms with Crippen LogP contribution in [0.15, 0.2) is 64.6 Å². The van der Waals surface area contributed by atoms with E-state index in [1.807, 2.05) is 26.0 Å². The van der Waals surface area contributed by atoms with Gasteiger partial charge in [-0.05, 0) is 79.2 Å². The smallest absolute Gasteiger partial charge is 0.335 e. The number of nitrogens with zero attached hydrogens (tertiary/aromatic N) is 1. The van der Waals surface area contributed by atoms with Crippen LogP contribution in [0.2, 0.25) is 0 Å². The van der Waals surface area contributed by atoms with Crippen molar-refractivity contribution in [1.82, 2.24) is 5.32 Å². The molecule has 0 radical (unpaired) electrons. The fourth-order valence-electron chi connectivity index (χ4n) is 3.51. The molecule has 0 bridgehead atoms. The van der Waals surface area contributed by atoms with Gasteiger partial charge < -0.3 is 9.52 Å². The van der Waals surface area contributed by atoms with Gasteiger partial charge in [-0.25, -0.2) is 4.79 Å². The number of amides is 2. The third kappa shape index (κ3) is 4.33. The topological polar surface area (TPSA) is 99.8 Å². The molecule has 0 saturated carbocycles. The number of aromatic carboxylic acids is 1. The van der Waals surface area contributed by atoms with Crippen LogP contribution in [0.4, 0.5) is 5.69 Å². The molecule has 1 aliphatic rings. The lowest BCUT2D eigenvalue weighted by Gasteiger charge is -2.28. The van der Waals surface area contributed by atoms with Crippen LogP contribution < -0.4 is 10.2 Å². The molecule has 2 heterocycles. The lowest BCUT2D eigenvalue weighted by atomic mass is 10.0. The molecule has 0 atom stereocenters. The average molecular weight is 461 g/mol. The largest absolute Gasteiger partial charge is 0.478 e. The SMILES string of the molecule is CCc1ccc(N2C(=O)/C(=C/c3ccc(-c4cc(C(=O)O)ccc4C)o3)C(=O)NC2=S)cc1. The van der Waals surface area contributed by atoms with E-state index in [1.165, 1.54) is 23.1 Å². The first-order valence-corrected chi connectivity index (χ1v) is 10.6. The van der Waals surface area contributed by atoms with Crippen molar-refractivity contribution in [3.8, 4) is 11.3 Å². The fraction of sp³-hybridized carbons (Fsp3) is 0.120. The van der Waals surface area contributed by atoms with Gasteiger partial charge in [0, 0.05) is 5.56 Å². The highest BCUT2D eigenvalue weighted by Crippen LogP contribution is 2.29. The Hall–Kier alpha value is -4.04. The molecule has 4 rings (SSSR count). The normalized spacial score (nSPS) is 15.2. The molecule has 0 spiro atoms. The maximum absolute atomic E-state index is 13.2. The molecule has 8 heteroatoms. The molecule has 33 heavy (non-hydrogen) atoms. The highest BCUT2D eigenvalue weighted by atomic mass is 32.1. The summed E-state index contributed by atoms with van der Waals surface area (Å²) < 4.78 is 5.83. The minimum absolute atomic E-state index is 0.00708. The zero-order chi connectivity index (χ0) is 23.7. The Labute approximate surface area is 195 Å². The number of rotatable bonds is 5. The molecule has 1 saturated heterocycles. The molecule has 3 aromatic rings. The number of aryl methyl sites for hydroxylation is 2. The minimum Gasteiger partial charge on any atom is -0.478 e. The average Bonchev–Trinajstić information content (AvgIpc) is 3.25. The summed E-state index contributed by atoms with van der Waals surface area (Å²) in [4.78, 5) is 38.3. The Morgan fingerprint density at radius 1 is 1.12 bits per heavy atom. The summed E-state index contributed by atoms with van der Waals surface area (Å²) in [6, 6.07) is 15.4. The van der Waals surface area contributed by atoms with Crippen molar-refractivity contribution in [3.05, 3.63) is 82.6 Å². The lowest BCUT2D eigenvalue weighted by Crippen LogP contribution is -2.54. The van der Waals surface area contributed by atoms with E-state index in [9.17, 15) is 19.5 Å². The standard InChI is InChI=1S/C25H20N2O5S/c1-3-15-5-8-17(9-6-15)27-23(29)20(22(28)26-25(27)33)13-18-10-11-21(32-18)19-12-16(24(30)31)7-4-14(19)2/h4-13H,3H2,1-2H3,(H,30,31)(H,26,28,33)/b20-13+. The van der Waals surface area contributed by atoms with E-state index in [4.69, 9.17) is 16.6 Å². The van der Waals surface area contributed by atoms with Gasteiger partial charge in [-0.2, -0.15) is 0 Å². The van der Waals surface area contributed by atoms with Crippen molar-refractivity contribution in [2.45, 2.75) is 20.3 Å². The Bertz CT molecular complexity index is 1320. The van der Waals surface area contributed by atoms with Crippen LogP contribution in [0.3, 0.4) is 0 Å². The van der Waals surface area contributed by atoms with Gasteiger partial charge in [0.25, 0.3) is 11.8 Å². The molecular weight excluding hydrogens is 440 g/mol. The minimum atomic E-state index is -1.04. The number of carbonyl (C=O) groups excluding carboxylic acids is 2. The van der Waals surface area contributed by atoms with Gasteiger partial charge in [-0.1, -0.05) is 25.1 Å². The third-order valence-electron chi connectivity index (χ3n) is 5.37. The van der Waals surface area contributed by atoms with E-state index in [-0.39, 0.29) is 22.0 Å². The Morgan fingerprint density at radius 3 is 2.52 bits per heavy atom. The summed E-state index contributed by atoms with van der Waals surface area (Å²) in [5.74, 6) is -1.52. The first kappa shape index (κ1) is 22.2. The van der Waals surface area contributed by atoms with Crippen LogP contribution in [0.5, 0.6) is 0 Å². The molecule has 1 fully saturated rings. The molecule has 2 aromatic carbocycles. The summed E-state index contributed by atoms with van der Waals surface area (Å²) in [6.07, 6.45) is 2.21. The third-order valence-corrected chi connectivity index (χ3v) is 5.65. The Kier molecular flexibility index (Phi) is 5.93. The predicted molar refractivity (Wildman–Crippen MR) is 128 cm³/mol. The van der Waals surface area contributed by atoms with Crippen molar-refractivity contribution >= 4 is 46.9 Å². The van der Waals surface area contributed by atoms with Gasteiger partial charge in [-0.3, -0.25) is 19.8 Å². The molecule has 2 N–H and O–H groups in total. The summed E-state index contributed by atoms with van der Waals surface area (Å²) >= 11 is 5.23. The van der Waals surface area contributed by atoms with Crippen molar-refractivity contribution in [2.24, 2.45) is 0 Å². The van der Waals surface area contributed by atoms with E-state index in [0.29, 0.717) is 17.0 Å². The highest BCUT2D eigenvalue weighted by molar-refractivity contribution is 7.80. The van der Waals surface area contributed by atoms with Gasteiger partial charge in [0.15, 0.2) is 5.11 Å². The summed E-state index contributed by atoms with van der Waals surface area (Å²) in [6.45, 7) is 3.87. The maximum Gasteiger partial charge on any atom is 0.335 e. The summed E-state index contributed by atoms with van der Waals surface area (Å²) in [5, 5.41) is 11.8. The van der Waals surface area contributed by atoms with E-state index < -0.39 is 17.8 Å². The van der Waals surface area contributed by atoms with E-state index >= 15 is 0 Å². The van der Waals surface area contributed by atoms with Crippen molar-refractivity contribution in [3.63, 3.8) is 0 Å². The van der Waals surface area contributed by atoms with Crippen LogP contribution in [-0.2, 0) is 16.0 Å². The van der Waals surface area contributed by atoms with Crippen molar-refractivity contribution in [1.29, 1.82) is 0 Å². The maximum atomic E-state index is 13.2. The molecular formula is C25H20N2O5S. The number of carbonyl (C=O) groups is 3. The number of hydrogen-bond acceptors (Lipinski definition) is 5. The van der Waals surface area contributed by atoms with E-state index in [2.05, 4.69) is 5.32 Å². The molecule has 0 unspecified atom stereocenters. The first-order chi connectivity index (χ1) is 15.8. The Morgan fingerprint density at radius 2 is 1.85 bits per heavy atom. The zero-order valence-corrected chi connectivity index (χ0v) is 18.7. The zero-order valence-electron chi connectivity index (χ0n) is 17.9. The summed E-state index contributed by atoms with van der Waals surface area (Å²) in [7, 11) is 0. The monoisotopic (exact) mass is 460 g/mol. The number of carboxylic acids is 1. The Balaban J connectivity index is 1.67. The second-order valence-electron chi connectivity index (χ2n) is 7.51. The van der Waals surface area contributed by atoms with Crippen LogP contribution >= 0.6 is 12.2 Å². The van der Waals surface area contributed by atoms with Gasteiger partial charge in [0.05, 0.1) is 11.3 Å². The molecule has 2 amide bonds. The molecule has 1 aliphatic heterocycles. The van der Waals surface area contributed by atoms with Crippen LogP contribution in [-0.4, -0.2) is 28.0 Å². The van der Waals surface area contributed by atoms with Crippen LogP contribution in [0.25, 0.3) is 17.4 Å². The number of hydrogen-bond donors (Lipinski definition) is 2. The number of furan rings is 1. The fourth-order valence-corrected chi connectivity index (χ4v) is 3.79. The van der Waals surface area contributed by atoms with Gasteiger partial charge in [0.2, 0.25) is 0 Å². The lowest BCUT2D eigenvalue weighted by molar-refractivity contribution is -0.122. The quantitative estimate of drug-likeness (QED) is 0.334.